The Hall–Kier alpha value is -2.31. The molecule has 0 radical (unpaired) electrons. The molecule has 0 aliphatic heterocycles. The molecule has 1 aromatic heterocycles. The van der Waals surface area contributed by atoms with Gasteiger partial charge in [-0.05, 0) is 6.92 Å². The molecule has 18 heavy (non-hydrogen) atoms. The zero-order valence-corrected chi connectivity index (χ0v) is 9.12. The molecule has 0 fully saturated rings. The number of aryl methyl sites for hydroxylation is 1. The largest absolute Gasteiger partial charge is 0.476 e. The van der Waals surface area contributed by atoms with Crippen molar-refractivity contribution in [1.82, 2.24) is 9.78 Å². The third kappa shape index (κ3) is 1.94. The maximum atomic E-state index is 13.5. The first-order valence-electron chi connectivity index (χ1n) is 4.84. The number of rotatable bonds is 2. The lowest BCUT2D eigenvalue weighted by Crippen LogP contribution is -2.05. The van der Waals surface area contributed by atoms with E-state index >= 15 is 0 Å². The molecule has 2 rings (SSSR count). The number of aromatic nitrogens is 2. The summed E-state index contributed by atoms with van der Waals surface area (Å²) >= 11 is 0. The molecule has 0 bridgehead atoms. The van der Waals surface area contributed by atoms with E-state index in [1.54, 1.807) is 0 Å². The van der Waals surface area contributed by atoms with Gasteiger partial charge in [-0.15, -0.1) is 0 Å². The van der Waals surface area contributed by atoms with Crippen LogP contribution in [0, 0.1) is 24.4 Å². The quantitative estimate of drug-likeness (QED) is 0.896. The number of carbonyl (C=O) groups is 1. The van der Waals surface area contributed by atoms with Crippen LogP contribution in [0.3, 0.4) is 0 Å². The predicted molar refractivity (Wildman–Crippen MR) is 55.1 cm³/mol. The molecule has 0 amide bonds. The molecule has 0 saturated carbocycles. The zero-order chi connectivity index (χ0) is 13.4. The molecular weight excluding hydrogens is 249 g/mol. The summed E-state index contributed by atoms with van der Waals surface area (Å²) in [5.74, 6) is -4.69. The molecule has 0 spiro atoms. The first kappa shape index (κ1) is 12.2. The first-order chi connectivity index (χ1) is 8.40. The van der Waals surface area contributed by atoms with Gasteiger partial charge in [0.15, 0.2) is 17.3 Å². The number of benzene rings is 1. The van der Waals surface area contributed by atoms with Crippen LogP contribution < -0.4 is 0 Å². The normalized spacial score (nSPS) is 10.7. The Kier molecular flexibility index (Phi) is 2.82. The Labute approximate surface area is 99.3 Å². The highest BCUT2D eigenvalue weighted by atomic mass is 19.1. The van der Waals surface area contributed by atoms with E-state index in [1.807, 2.05) is 0 Å². The van der Waals surface area contributed by atoms with Gasteiger partial charge in [-0.1, -0.05) is 0 Å². The molecule has 0 aliphatic carbocycles. The predicted octanol–water partition coefficient (Wildman–Crippen LogP) is 2.30. The van der Waals surface area contributed by atoms with Crippen LogP contribution in [0.5, 0.6) is 0 Å². The van der Waals surface area contributed by atoms with Crippen molar-refractivity contribution in [1.29, 1.82) is 0 Å². The molecule has 0 unspecified atom stereocenters. The third-order valence-corrected chi connectivity index (χ3v) is 2.31. The van der Waals surface area contributed by atoms with Gasteiger partial charge in [-0.2, -0.15) is 5.10 Å². The van der Waals surface area contributed by atoms with E-state index in [9.17, 15) is 18.0 Å². The average molecular weight is 256 g/mol. The van der Waals surface area contributed by atoms with Crippen LogP contribution in [0.25, 0.3) is 5.69 Å². The fourth-order valence-corrected chi connectivity index (χ4v) is 1.54. The highest BCUT2D eigenvalue weighted by molar-refractivity contribution is 5.86. The highest BCUT2D eigenvalue weighted by Gasteiger charge is 2.18. The maximum Gasteiger partial charge on any atom is 0.356 e. The molecule has 0 atom stereocenters. The number of nitrogens with zero attached hydrogens (tertiary/aromatic N) is 2. The summed E-state index contributed by atoms with van der Waals surface area (Å²) in [6.45, 7) is 1.44. The molecule has 7 heteroatoms. The number of halogens is 3. The zero-order valence-electron chi connectivity index (χ0n) is 9.12. The van der Waals surface area contributed by atoms with Gasteiger partial charge in [0.1, 0.15) is 11.5 Å². The number of aromatic carboxylic acids is 1. The molecule has 1 aromatic carbocycles. The summed E-state index contributed by atoms with van der Waals surface area (Å²) in [4.78, 5) is 10.8. The van der Waals surface area contributed by atoms with Crippen molar-refractivity contribution in [3.8, 4) is 5.69 Å². The summed E-state index contributed by atoms with van der Waals surface area (Å²) in [5, 5.41) is 12.3. The van der Waals surface area contributed by atoms with E-state index in [-0.39, 0.29) is 11.3 Å². The van der Waals surface area contributed by atoms with Crippen molar-refractivity contribution in [2.45, 2.75) is 6.92 Å². The van der Waals surface area contributed by atoms with Crippen LogP contribution in [0.15, 0.2) is 18.3 Å². The second kappa shape index (κ2) is 4.17. The monoisotopic (exact) mass is 256 g/mol. The van der Waals surface area contributed by atoms with Gasteiger partial charge in [-0.25, -0.2) is 22.6 Å². The second-order valence-corrected chi connectivity index (χ2v) is 3.63. The van der Waals surface area contributed by atoms with Crippen molar-refractivity contribution >= 4 is 5.97 Å². The van der Waals surface area contributed by atoms with Crippen LogP contribution in [0.4, 0.5) is 13.2 Å². The Balaban J connectivity index is 2.63. The van der Waals surface area contributed by atoms with E-state index in [0.29, 0.717) is 12.1 Å². The molecule has 2 aromatic rings. The Bertz CT molecular complexity index is 614. The molecule has 94 valence electrons. The minimum Gasteiger partial charge on any atom is -0.476 e. The molecular formula is C11H7F3N2O2. The molecule has 0 aliphatic rings. The van der Waals surface area contributed by atoms with Crippen LogP contribution in [-0.4, -0.2) is 20.9 Å². The Morgan fingerprint density at radius 3 is 2.28 bits per heavy atom. The smallest absolute Gasteiger partial charge is 0.356 e. The first-order valence-corrected chi connectivity index (χ1v) is 4.84. The summed E-state index contributed by atoms with van der Waals surface area (Å²) < 4.78 is 40.4. The van der Waals surface area contributed by atoms with E-state index in [0.717, 1.165) is 10.9 Å². The number of carboxylic acids is 1. The van der Waals surface area contributed by atoms with Crippen molar-refractivity contribution in [3.05, 3.63) is 47.0 Å². The Morgan fingerprint density at radius 2 is 1.83 bits per heavy atom. The standard InChI is InChI=1S/C11H7F3N2O2/c1-5-4-16(15-9(5)11(17)18)10-7(13)2-6(12)3-8(10)14/h2-4H,1H3,(H,17,18). The van der Waals surface area contributed by atoms with Gasteiger partial charge < -0.3 is 5.11 Å². The van der Waals surface area contributed by atoms with Crippen LogP contribution in [0.2, 0.25) is 0 Å². The van der Waals surface area contributed by atoms with Gasteiger partial charge >= 0.3 is 5.97 Å². The summed E-state index contributed by atoms with van der Waals surface area (Å²) in [6.07, 6.45) is 1.16. The minimum absolute atomic E-state index is 0.241. The number of hydrogen-bond acceptors (Lipinski definition) is 2. The lowest BCUT2D eigenvalue weighted by atomic mass is 10.2. The Morgan fingerprint density at radius 1 is 1.28 bits per heavy atom. The number of hydrogen-bond donors (Lipinski definition) is 1. The molecule has 0 saturated heterocycles. The summed E-state index contributed by atoms with van der Waals surface area (Å²) in [6, 6.07) is 0.992. The highest BCUT2D eigenvalue weighted by Crippen LogP contribution is 2.20. The lowest BCUT2D eigenvalue weighted by Gasteiger charge is -2.04. The van der Waals surface area contributed by atoms with E-state index in [4.69, 9.17) is 5.11 Å². The van der Waals surface area contributed by atoms with Crippen LogP contribution >= 0.6 is 0 Å². The van der Waals surface area contributed by atoms with Crippen molar-refractivity contribution in [3.63, 3.8) is 0 Å². The number of carboxylic acid groups (broad SMARTS) is 1. The van der Waals surface area contributed by atoms with Crippen LogP contribution in [0.1, 0.15) is 16.1 Å². The SMILES string of the molecule is Cc1cn(-c2c(F)cc(F)cc2F)nc1C(=O)O. The summed E-state index contributed by atoms with van der Waals surface area (Å²) in [7, 11) is 0. The van der Waals surface area contributed by atoms with E-state index in [2.05, 4.69) is 5.10 Å². The molecule has 1 heterocycles. The minimum atomic E-state index is -1.31. The van der Waals surface area contributed by atoms with Crippen LogP contribution in [-0.2, 0) is 0 Å². The van der Waals surface area contributed by atoms with Gasteiger partial charge in [0.2, 0.25) is 0 Å². The fraction of sp³-hybridized carbons (Fsp3) is 0.0909. The van der Waals surface area contributed by atoms with Gasteiger partial charge in [0.05, 0.1) is 0 Å². The third-order valence-electron chi connectivity index (χ3n) is 2.31. The molecule has 1 N–H and O–H groups in total. The summed E-state index contributed by atoms with van der Waals surface area (Å²) in [5.41, 5.74) is -0.698. The fourth-order valence-electron chi connectivity index (χ4n) is 1.54. The average Bonchev–Trinajstić information content (AvgIpc) is 2.58. The van der Waals surface area contributed by atoms with Crippen molar-refractivity contribution in [2.24, 2.45) is 0 Å². The topological polar surface area (TPSA) is 55.1 Å². The van der Waals surface area contributed by atoms with Gasteiger partial charge in [0, 0.05) is 23.9 Å². The lowest BCUT2D eigenvalue weighted by molar-refractivity contribution is 0.0689. The van der Waals surface area contributed by atoms with E-state index in [1.165, 1.54) is 6.92 Å². The second-order valence-electron chi connectivity index (χ2n) is 3.63. The van der Waals surface area contributed by atoms with Crippen molar-refractivity contribution < 1.29 is 23.1 Å². The maximum absolute atomic E-state index is 13.5. The van der Waals surface area contributed by atoms with Gasteiger partial charge in [0.25, 0.3) is 0 Å². The van der Waals surface area contributed by atoms with Crippen molar-refractivity contribution in [2.75, 3.05) is 0 Å². The van der Waals surface area contributed by atoms with E-state index < -0.39 is 29.1 Å². The molecule has 4 nitrogen and oxygen atoms in total. The van der Waals surface area contributed by atoms with Gasteiger partial charge in [-0.3, -0.25) is 0 Å².